The number of carboxylic acid groups (broad SMARTS) is 1. The third-order valence-electron chi connectivity index (χ3n) is 4.55. The number of carboxylic acids is 1. The van der Waals surface area contributed by atoms with Gasteiger partial charge in [-0.25, -0.2) is 14.6 Å². The van der Waals surface area contributed by atoms with Crippen molar-refractivity contribution >= 4 is 57.8 Å². The van der Waals surface area contributed by atoms with Crippen LogP contribution in [0.25, 0.3) is 0 Å². The Morgan fingerprint density at radius 3 is 2.76 bits per heavy atom. The fraction of sp³-hybridized carbons (Fsp3) is 0.333. The molecule has 1 aromatic heterocycles. The van der Waals surface area contributed by atoms with Gasteiger partial charge in [-0.1, -0.05) is 11.2 Å². The number of rotatable bonds is 7. The number of aromatic nitrogens is 1. The number of oxime groups is 1. The van der Waals surface area contributed by atoms with Crippen LogP contribution in [0.4, 0.5) is 9.93 Å². The van der Waals surface area contributed by atoms with E-state index in [1.165, 1.54) is 48.3 Å². The van der Waals surface area contributed by atoms with Gasteiger partial charge < -0.3 is 31.0 Å². The van der Waals surface area contributed by atoms with E-state index in [0.29, 0.717) is 5.57 Å². The standard InChI is InChI=1S/C18H20N6O7S2/c1-23(2)18(29)31-5-3-4-8-6-32-15-11(14(26)24(15)12(8)16(27)28)21-13(25)10(22-30)9-7-33-17(19)20-9/h3-4,7,11,15,30H,5-6H2,1-2H3,(H2,19,20)(H,21,25)(H,27,28)/b4-3-,22-10-/t11-,15-/m1/s1. The first-order valence-electron chi connectivity index (χ1n) is 9.31. The number of anilines is 1. The van der Waals surface area contributed by atoms with Gasteiger partial charge in [-0.05, 0) is 11.6 Å². The number of thioether (sulfide) groups is 1. The molecule has 0 spiro atoms. The number of amides is 3. The number of carbonyl (C=O) groups excluding carboxylic acids is 3. The van der Waals surface area contributed by atoms with Crippen LogP contribution in [0.15, 0.2) is 34.0 Å². The molecule has 0 aromatic carbocycles. The maximum Gasteiger partial charge on any atom is 0.409 e. The Balaban J connectivity index is 1.71. The first kappa shape index (κ1) is 24.1. The number of aliphatic carboxylic acids is 1. The van der Waals surface area contributed by atoms with Crippen LogP contribution in [-0.2, 0) is 19.1 Å². The maximum absolute atomic E-state index is 12.7. The molecule has 3 rings (SSSR count). The van der Waals surface area contributed by atoms with E-state index in [1.54, 1.807) is 0 Å². The predicted octanol–water partition coefficient (Wildman–Crippen LogP) is -0.103. The third kappa shape index (κ3) is 4.93. The van der Waals surface area contributed by atoms with E-state index in [-0.39, 0.29) is 28.9 Å². The number of thiazole rings is 1. The molecule has 5 N–H and O–H groups in total. The number of nitrogens with one attached hydrogen (secondary N) is 1. The number of carbonyl (C=O) groups is 4. The minimum Gasteiger partial charge on any atom is -0.477 e. The van der Waals surface area contributed by atoms with Gasteiger partial charge in [0.2, 0.25) is 0 Å². The van der Waals surface area contributed by atoms with Crippen molar-refractivity contribution in [1.29, 1.82) is 0 Å². The largest absolute Gasteiger partial charge is 0.477 e. The Labute approximate surface area is 195 Å². The number of nitrogen functional groups attached to an aromatic ring is 1. The molecule has 33 heavy (non-hydrogen) atoms. The molecule has 2 atom stereocenters. The van der Waals surface area contributed by atoms with Crippen molar-refractivity contribution in [3.05, 3.63) is 34.5 Å². The Hall–Kier alpha value is -3.59. The van der Waals surface area contributed by atoms with Crippen molar-refractivity contribution in [2.45, 2.75) is 11.4 Å². The molecule has 1 aromatic rings. The summed E-state index contributed by atoms with van der Waals surface area (Å²) >= 11 is 2.30. The lowest BCUT2D eigenvalue weighted by Gasteiger charge is -2.49. The zero-order valence-corrected chi connectivity index (χ0v) is 19.1. The Bertz CT molecular complexity index is 1080. The highest BCUT2D eigenvalue weighted by Crippen LogP contribution is 2.40. The first-order chi connectivity index (χ1) is 15.6. The minimum absolute atomic E-state index is 0.0472. The third-order valence-corrected chi connectivity index (χ3v) is 6.53. The Kier molecular flexibility index (Phi) is 7.23. The molecule has 1 fully saturated rings. The molecule has 176 valence electrons. The highest BCUT2D eigenvalue weighted by molar-refractivity contribution is 8.00. The number of allylic oxidation sites excluding steroid dienone is 1. The molecular weight excluding hydrogens is 476 g/mol. The van der Waals surface area contributed by atoms with Crippen molar-refractivity contribution in [2.24, 2.45) is 5.16 Å². The molecule has 15 heteroatoms. The van der Waals surface area contributed by atoms with Gasteiger partial charge in [0.1, 0.15) is 29.4 Å². The van der Waals surface area contributed by atoms with Crippen molar-refractivity contribution in [3.63, 3.8) is 0 Å². The lowest BCUT2D eigenvalue weighted by atomic mass is 10.0. The van der Waals surface area contributed by atoms with Crippen molar-refractivity contribution in [3.8, 4) is 0 Å². The van der Waals surface area contributed by atoms with Crippen LogP contribution in [0.3, 0.4) is 0 Å². The SMILES string of the molecule is CN(C)C(=O)OC/C=C\C1=C(C(=O)O)N2C(=O)[C@@H](NC(=O)/C(=N\O)c3csc(N)n3)[C@H]2SC1. The molecule has 2 aliphatic rings. The van der Waals surface area contributed by atoms with E-state index in [4.69, 9.17) is 10.5 Å². The number of fused-ring (bicyclic) bond motifs is 1. The maximum atomic E-state index is 12.7. The van der Waals surface area contributed by atoms with Gasteiger partial charge >= 0.3 is 12.1 Å². The van der Waals surface area contributed by atoms with Gasteiger partial charge in [-0.15, -0.1) is 23.1 Å². The number of hydrogen-bond acceptors (Lipinski definition) is 11. The van der Waals surface area contributed by atoms with E-state index < -0.39 is 41.0 Å². The van der Waals surface area contributed by atoms with Crippen LogP contribution in [-0.4, -0.2) is 92.6 Å². The van der Waals surface area contributed by atoms with Crippen LogP contribution in [0.1, 0.15) is 5.69 Å². The fourth-order valence-corrected chi connectivity index (χ4v) is 4.90. The second-order valence-corrected chi connectivity index (χ2v) is 8.93. The van der Waals surface area contributed by atoms with Crippen LogP contribution in [0.5, 0.6) is 0 Å². The monoisotopic (exact) mass is 496 g/mol. The summed E-state index contributed by atoms with van der Waals surface area (Å²) in [6, 6.07) is -1.02. The van der Waals surface area contributed by atoms with Gasteiger partial charge in [0.15, 0.2) is 10.8 Å². The van der Waals surface area contributed by atoms with Crippen LogP contribution < -0.4 is 11.1 Å². The normalized spacial score (nSPS) is 20.4. The van der Waals surface area contributed by atoms with E-state index in [0.717, 1.165) is 16.2 Å². The van der Waals surface area contributed by atoms with Crippen LogP contribution in [0.2, 0.25) is 0 Å². The van der Waals surface area contributed by atoms with Gasteiger partial charge in [0.05, 0.1) is 0 Å². The second-order valence-electron chi connectivity index (χ2n) is 6.93. The molecule has 0 aliphatic carbocycles. The molecule has 0 bridgehead atoms. The van der Waals surface area contributed by atoms with E-state index in [1.807, 2.05) is 0 Å². The molecule has 0 radical (unpaired) electrons. The summed E-state index contributed by atoms with van der Waals surface area (Å²) < 4.78 is 4.96. The first-order valence-corrected chi connectivity index (χ1v) is 11.2. The summed E-state index contributed by atoms with van der Waals surface area (Å²) in [5.74, 6) is -2.54. The van der Waals surface area contributed by atoms with Crippen LogP contribution >= 0.6 is 23.1 Å². The fourth-order valence-electron chi connectivity index (χ4n) is 3.03. The summed E-state index contributed by atoms with van der Waals surface area (Å²) in [5, 5.41) is 25.2. The summed E-state index contributed by atoms with van der Waals surface area (Å²) in [7, 11) is 3.06. The molecule has 3 amide bonds. The number of ether oxygens (including phenoxy) is 1. The van der Waals surface area contributed by atoms with Gasteiger partial charge in [0, 0.05) is 25.2 Å². The zero-order chi connectivity index (χ0) is 24.3. The van der Waals surface area contributed by atoms with Gasteiger partial charge in [-0.2, -0.15) is 0 Å². The molecule has 1 saturated heterocycles. The van der Waals surface area contributed by atoms with Crippen LogP contribution in [0, 0.1) is 0 Å². The minimum atomic E-state index is -1.31. The van der Waals surface area contributed by atoms with E-state index in [2.05, 4.69) is 15.5 Å². The van der Waals surface area contributed by atoms with E-state index in [9.17, 15) is 29.5 Å². The van der Waals surface area contributed by atoms with Gasteiger partial charge in [-0.3, -0.25) is 14.5 Å². The highest BCUT2D eigenvalue weighted by Gasteiger charge is 2.54. The molecular formula is C18H20N6O7S2. The smallest absolute Gasteiger partial charge is 0.409 e. The summed E-state index contributed by atoms with van der Waals surface area (Å²) in [5.41, 5.74) is 5.30. The molecule has 3 heterocycles. The molecule has 2 aliphatic heterocycles. The number of nitrogens with two attached hydrogens (primary N) is 1. The summed E-state index contributed by atoms with van der Waals surface area (Å²) in [6.07, 6.45) is 2.42. The number of hydrogen-bond donors (Lipinski definition) is 4. The zero-order valence-electron chi connectivity index (χ0n) is 17.4. The molecule has 0 saturated carbocycles. The van der Waals surface area contributed by atoms with Crippen molar-refractivity contribution < 1.29 is 34.2 Å². The van der Waals surface area contributed by atoms with Crippen molar-refractivity contribution in [2.75, 3.05) is 32.2 Å². The summed E-state index contributed by atoms with van der Waals surface area (Å²) in [6.45, 7) is -0.0709. The second kappa shape index (κ2) is 9.91. The average Bonchev–Trinajstić information content (AvgIpc) is 3.20. The number of β-lactam (4-membered cyclic amide) rings is 1. The van der Waals surface area contributed by atoms with Gasteiger partial charge in [0.25, 0.3) is 11.8 Å². The quantitative estimate of drug-likeness (QED) is 0.172. The van der Waals surface area contributed by atoms with Crippen molar-refractivity contribution in [1.82, 2.24) is 20.1 Å². The molecule has 13 nitrogen and oxygen atoms in total. The summed E-state index contributed by atoms with van der Waals surface area (Å²) in [4.78, 5) is 54.7. The number of nitrogens with zero attached hydrogens (tertiary/aromatic N) is 4. The average molecular weight is 497 g/mol. The Morgan fingerprint density at radius 2 is 2.18 bits per heavy atom. The van der Waals surface area contributed by atoms with E-state index >= 15 is 0 Å². The topological polar surface area (TPSA) is 188 Å². The molecule has 0 unspecified atom stereocenters. The highest BCUT2D eigenvalue weighted by atomic mass is 32.2. The predicted molar refractivity (Wildman–Crippen MR) is 119 cm³/mol. The lowest BCUT2D eigenvalue weighted by molar-refractivity contribution is -0.150. The lowest BCUT2D eigenvalue weighted by Crippen LogP contribution is -2.71. The Morgan fingerprint density at radius 1 is 1.45 bits per heavy atom.